The van der Waals surface area contributed by atoms with Crippen LogP contribution in [0, 0.1) is 5.92 Å². The average molecular weight is 348 g/mol. The van der Waals surface area contributed by atoms with Gasteiger partial charge in [-0.3, -0.25) is 9.89 Å². The molecule has 3 rings (SSSR count). The van der Waals surface area contributed by atoms with Crippen molar-refractivity contribution in [3.05, 3.63) is 23.6 Å². The van der Waals surface area contributed by atoms with Crippen molar-refractivity contribution in [2.75, 3.05) is 18.5 Å². The number of rotatable bonds is 6. The lowest BCUT2D eigenvalue weighted by molar-refractivity contribution is -0.119. The highest BCUT2D eigenvalue weighted by Gasteiger charge is 2.26. The van der Waals surface area contributed by atoms with Crippen molar-refractivity contribution in [2.24, 2.45) is 5.92 Å². The maximum Gasteiger partial charge on any atom is 0.242 e. The Bertz CT molecular complexity index is 647. The summed E-state index contributed by atoms with van der Waals surface area (Å²) in [5.41, 5.74) is 0.916. The number of thiophene rings is 1. The third kappa shape index (κ3) is 4.23. The van der Waals surface area contributed by atoms with Gasteiger partial charge in [0.25, 0.3) is 0 Å². The van der Waals surface area contributed by atoms with Crippen molar-refractivity contribution >= 4 is 23.1 Å². The number of carbonyl (C=O) groups is 1. The van der Waals surface area contributed by atoms with Crippen molar-refractivity contribution in [1.29, 1.82) is 0 Å². The van der Waals surface area contributed by atoms with E-state index in [4.69, 9.17) is 4.74 Å². The summed E-state index contributed by atoms with van der Waals surface area (Å²) in [5.74, 6) is 0.715. The molecule has 3 N–H and O–H groups in total. The quantitative estimate of drug-likeness (QED) is 0.750. The Morgan fingerprint density at radius 3 is 2.88 bits per heavy atom. The van der Waals surface area contributed by atoms with Gasteiger partial charge >= 0.3 is 0 Å². The van der Waals surface area contributed by atoms with Crippen molar-refractivity contribution in [3.63, 3.8) is 0 Å². The molecule has 1 aliphatic heterocycles. The van der Waals surface area contributed by atoms with Crippen LogP contribution >= 0.6 is 11.3 Å². The number of nitrogens with zero attached hydrogens (tertiary/aromatic N) is 1. The van der Waals surface area contributed by atoms with E-state index in [9.17, 15) is 4.79 Å². The van der Waals surface area contributed by atoms with Gasteiger partial charge in [0.2, 0.25) is 5.91 Å². The molecule has 0 aromatic carbocycles. The van der Waals surface area contributed by atoms with Crippen LogP contribution in [0.2, 0.25) is 0 Å². The minimum absolute atomic E-state index is 0.0410. The van der Waals surface area contributed by atoms with E-state index in [0.717, 1.165) is 36.6 Å². The Hall–Kier alpha value is -1.70. The predicted octanol–water partition coefficient (Wildman–Crippen LogP) is 2.87. The highest BCUT2D eigenvalue weighted by atomic mass is 32.1. The van der Waals surface area contributed by atoms with Gasteiger partial charge in [0.1, 0.15) is 0 Å². The van der Waals surface area contributed by atoms with Crippen molar-refractivity contribution in [2.45, 2.75) is 38.8 Å². The van der Waals surface area contributed by atoms with E-state index in [2.05, 4.69) is 34.7 Å². The molecule has 0 bridgehead atoms. The first-order valence-electron chi connectivity index (χ1n) is 8.37. The van der Waals surface area contributed by atoms with Crippen LogP contribution in [0.15, 0.2) is 23.6 Å². The topological polar surface area (TPSA) is 79.0 Å². The second-order valence-electron chi connectivity index (χ2n) is 6.41. The molecular weight excluding hydrogens is 324 g/mol. The average Bonchev–Trinajstić information content (AvgIpc) is 3.24. The molecule has 24 heavy (non-hydrogen) atoms. The third-order valence-electron chi connectivity index (χ3n) is 4.20. The maximum absolute atomic E-state index is 12.7. The molecule has 1 aliphatic rings. The second-order valence-corrected chi connectivity index (χ2v) is 7.36. The molecule has 1 amide bonds. The number of ether oxygens (including phenoxy) is 1. The van der Waals surface area contributed by atoms with Crippen molar-refractivity contribution in [1.82, 2.24) is 15.5 Å². The summed E-state index contributed by atoms with van der Waals surface area (Å²) in [6, 6.07) is 5.97. The molecule has 0 aliphatic carbocycles. The van der Waals surface area contributed by atoms with Crippen LogP contribution in [-0.2, 0) is 9.53 Å². The lowest BCUT2D eigenvalue weighted by Crippen LogP contribution is -2.50. The van der Waals surface area contributed by atoms with Gasteiger partial charge in [-0.25, -0.2) is 0 Å². The first-order chi connectivity index (χ1) is 11.6. The molecule has 3 heterocycles. The number of hydrogen-bond donors (Lipinski definition) is 3. The Morgan fingerprint density at radius 2 is 2.21 bits per heavy atom. The molecule has 0 unspecified atom stereocenters. The number of nitrogens with one attached hydrogen (secondary N) is 3. The molecule has 1 saturated heterocycles. The van der Waals surface area contributed by atoms with Gasteiger partial charge in [0, 0.05) is 25.3 Å². The highest BCUT2D eigenvalue weighted by Crippen LogP contribution is 2.24. The predicted molar refractivity (Wildman–Crippen MR) is 96.1 cm³/mol. The summed E-state index contributed by atoms with van der Waals surface area (Å²) >= 11 is 1.63. The minimum atomic E-state index is -0.241. The summed E-state index contributed by atoms with van der Waals surface area (Å²) in [6.07, 6.45) is 1.89. The molecule has 6 nitrogen and oxygen atoms in total. The van der Waals surface area contributed by atoms with Crippen LogP contribution in [0.3, 0.4) is 0 Å². The zero-order chi connectivity index (χ0) is 16.9. The fourth-order valence-corrected chi connectivity index (χ4v) is 3.53. The fourth-order valence-electron chi connectivity index (χ4n) is 2.84. The summed E-state index contributed by atoms with van der Waals surface area (Å²) < 4.78 is 5.38. The summed E-state index contributed by atoms with van der Waals surface area (Å²) in [4.78, 5) is 13.8. The number of hydrogen-bond acceptors (Lipinski definition) is 5. The van der Waals surface area contributed by atoms with Gasteiger partial charge in [-0.2, -0.15) is 5.10 Å². The van der Waals surface area contributed by atoms with Gasteiger partial charge in [-0.15, -0.1) is 11.3 Å². The Kier molecular flexibility index (Phi) is 5.65. The van der Waals surface area contributed by atoms with Crippen LogP contribution in [0.4, 0.5) is 5.82 Å². The fraction of sp³-hybridized carbons (Fsp3) is 0.529. The van der Waals surface area contributed by atoms with E-state index in [1.807, 2.05) is 23.6 Å². The lowest BCUT2D eigenvalue weighted by atomic mass is 10.00. The van der Waals surface area contributed by atoms with Gasteiger partial charge in [-0.05, 0) is 30.2 Å². The number of H-pyrrole nitrogens is 1. The van der Waals surface area contributed by atoms with Crippen LogP contribution in [-0.4, -0.2) is 41.4 Å². The van der Waals surface area contributed by atoms with E-state index in [1.54, 1.807) is 11.3 Å². The highest BCUT2D eigenvalue weighted by molar-refractivity contribution is 7.13. The standard InChI is InChI=1S/C17H24N4O2S/c1-11(2)16(18-12-5-7-23-8-6-12)17(22)19-15-10-13(20-21-15)14-4-3-9-24-14/h3-4,9-12,16,18H,5-8H2,1-2H3,(H2,19,20,21,22)/t16-/m0/s1. The Labute approximate surface area is 146 Å². The van der Waals surface area contributed by atoms with Crippen LogP contribution < -0.4 is 10.6 Å². The molecule has 2 aromatic heterocycles. The zero-order valence-electron chi connectivity index (χ0n) is 14.0. The number of aromatic amines is 1. The SMILES string of the molecule is CC(C)[C@H](NC1CCOCC1)C(=O)Nc1cc(-c2cccs2)[nH]n1. The van der Waals surface area contributed by atoms with Gasteiger partial charge < -0.3 is 15.4 Å². The third-order valence-corrected chi connectivity index (χ3v) is 5.10. The molecule has 130 valence electrons. The van der Waals surface area contributed by atoms with E-state index in [0.29, 0.717) is 11.9 Å². The minimum Gasteiger partial charge on any atom is -0.381 e. The second kappa shape index (κ2) is 7.92. The van der Waals surface area contributed by atoms with Crippen LogP contribution in [0.5, 0.6) is 0 Å². The molecule has 2 aromatic rings. The van der Waals surface area contributed by atoms with Crippen LogP contribution in [0.25, 0.3) is 10.6 Å². The van der Waals surface area contributed by atoms with E-state index >= 15 is 0 Å². The lowest BCUT2D eigenvalue weighted by Gasteiger charge is -2.29. The smallest absolute Gasteiger partial charge is 0.242 e. The number of carbonyl (C=O) groups excluding carboxylic acids is 1. The monoisotopic (exact) mass is 348 g/mol. The molecule has 0 saturated carbocycles. The molecular formula is C17H24N4O2S. The molecule has 7 heteroatoms. The summed E-state index contributed by atoms with van der Waals surface area (Å²) in [6.45, 7) is 5.62. The van der Waals surface area contributed by atoms with Crippen molar-refractivity contribution < 1.29 is 9.53 Å². The van der Waals surface area contributed by atoms with Gasteiger partial charge in [0.05, 0.1) is 16.6 Å². The van der Waals surface area contributed by atoms with E-state index in [-0.39, 0.29) is 17.9 Å². The first-order valence-corrected chi connectivity index (χ1v) is 9.25. The van der Waals surface area contributed by atoms with Gasteiger partial charge in [0.15, 0.2) is 5.82 Å². The summed E-state index contributed by atoms with van der Waals surface area (Å²) in [5, 5.41) is 15.6. The molecule has 0 radical (unpaired) electrons. The number of amides is 1. The Balaban J connectivity index is 1.62. The van der Waals surface area contributed by atoms with Gasteiger partial charge in [-0.1, -0.05) is 19.9 Å². The van der Waals surface area contributed by atoms with E-state index < -0.39 is 0 Å². The van der Waals surface area contributed by atoms with E-state index in [1.165, 1.54) is 0 Å². The molecule has 1 atom stereocenters. The Morgan fingerprint density at radius 1 is 1.42 bits per heavy atom. The molecule has 1 fully saturated rings. The van der Waals surface area contributed by atoms with Crippen molar-refractivity contribution in [3.8, 4) is 10.6 Å². The largest absolute Gasteiger partial charge is 0.381 e. The zero-order valence-corrected chi connectivity index (χ0v) is 14.9. The molecule has 0 spiro atoms. The van der Waals surface area contributed by atoms with Crippen LogP contribution in [0.1, 0.15) is 26.7 Å². The maximum atomic E-state index is 12.7. The summed E-state index contributed by atoms with van der Waals surface area (Å²) in [7, 11) is 0. The number of anilines is 1. The normalized spacial score (nSPS) is 17.1. The number of aromatic nitrogens is 2. The first kappa shape index (κ1) is 17.1.